The third-order valence-corrected chi connectivity index (χ3v) is 4.15. The van der Waals surface area contributed by atoms with E-state index in [0.29, 0.717) is 0 Å². The van der Waals surface area contributed by atoms with Gasteiger partial charge in [-0.2, -0.15) is 0 Å². The zero-order valence-corrected chi connectivity index (χ0v) is 12.7. The van der Waals surface area contributed by atoms with Crippen LogP contribution in [0.2, 0.25) is 0 Å². The highest BCUT2D eigenvalue weighted by atomic mass is 16.1. The Morgan fingerprint density at radius 2 is 1.79 bits per heavy atom. The molecule has 1 aliphatic heterocycles. The number of carbonyl (C=O) groups is 1. The van der Waals surface area contributed by atoms with Gasteiger partial charge in [-0.15, -0.1) is 0 Å². The first-order valence-corrected chi connectivity index (χ1v) is 7.51. The standard InChI is InChI=1S/C14H30N4O/c1-4-7-16-14(3,13(15)19)6-8-18-11-9-17(5-2)10-12-18/h16H,4-12H2,1-3H3,(H2,15,19). The summed E-state index contributed by atoms with van der Waals surface area (Å²) < 4.78 is 0. The van der Waals surface area contributed by atoms with Crippen LogP contribution in [0.4, 0.5) is 0 Å². The van der Waals surface area contributed by atoms with Crippen LogP contribution in [0.5, 0.6) is 0 Å². The van der Waals surface area contributed by atoms with E-state index < -0.39 is 5.54 Å². The van der Waals surface area contributed by atoms with Crippen molar-refractivity contribution in [2.24, 2.45) is 5.73 Å². The summed E-state index contributed by atoms with van der Waals surface area (Å²) in [6, 6.07) is 0. The van der Waals surface area contributed by atoms with Gasteiger partial charge in [0.2, 0.25) is 5.91 Å². The van der Waals surface area contributed by atoms with E-state index in [-0.39, 0.29) is 5.91 Å². The molecule has 1 heterocycles. The summed E-state index contributed by atoms with van der Waals surface area (Å²) in [5.74, 6) is -0.242. The van der Waals surface area contributed by atoms with Crippen molar-refractivity contribution in [1.82, 2.24) is 15.1 Å². The predicted molar refractivity (Wildman–Crippen MR) is 79.1 cm³/mol. The molecular formula is C14H30N4O. The van der Waals surface area contributed by atoms with E-state index in [1.807, 2.05) is 6.92 Å². The molecule has 112 valence electrons. The van der Waals surface area contributed by atoms with Crippen molar-refractivity contribution in [3.8, 4) is 0 Å². The van der Waals surface area contributed by atoms with Gasteiger partial charge in [-0.3, -0.25) is 4.79 Å². The van der Waals surface area contributed by atoms with Crippen molar-refractivity contribution >= 4 is 5.91 Å². The smallest absolute Gasteiger partial charge is 0.237 e. The summed E-state index contributed by atoms with van der Waals surface area (Å²) in [6.45, 7) is 13.6. The molecule has 0 saturated carbocycles. The molecule has 5 nitrogen and oxygen atoms in total. The monoisotopic (exact) mass is 270 g/mol. The molecule has 0 aromatic heterocycles. The van der Waals surface area contributed by atoms with E-state index in [2.05, 4.69) is 29.0 Å². The molecule has 5 heteroatoms. The van der Waals surface area contributed by atoms with Gasteiger partial charge in [-0.1, -0.05) is 13.8 Å². The van der Waals surface area contributed by atoms with Crippen LogP contribution in [-0.2, 0) is 4.79 Å². The van der Waals surface area contributed by atoms with Gasteiger partial charge in [0.05, 0.1) is 5.54 Å². The van der Waals surface area contributed by atoms with Crippen molar-refractivity contribution in [2.45, 2.75) is 39.2 Å². The molecule has 1 atom stereocenters. The first-order valence-electron chi connectivity index (χ1n) is 7.51. The lowest BCUT2D eigenvalue weighted by molar-refractivity contribution is -0.124. The lowest BCUT2D eigenvalue weighted by atomic mass is 9.96. The predicted octanol–water partition coefficient (Wildman–Crippen LogP) is 0.258. The Balaban J connectivity index is 2.38. The number of nitrogens with two attached hydrogens (primary N) is 1. The van der Waals surface area contributed by atoms with Crippen LogP contribution in [-0.4, -0.2) is 67.1 Å². The van der Waals surface area contributed by atoms with Crippen LogP contribution in [0.25, 0.3) is 0 Å². The summed E-state index contributed by atoms with van der Waals surface area (Å²) in [7, 11) is 0. The number of hydrogen-bond donors (Lipinski definition) is 2. The van der Waals surface area contributed by atoms with Crippen molar-refractivity contribution in [1.29, 1.82) is 0 Å². The molecule has 1 amide bonds. The number of carbonyl (C=O) groups excluding carboxylic acids is 1. The van der Waals surface area contributed by atoms with E-state index in [0.717, 1.165) is 58.7 Å². The summed E-state index contributed by atoms with van der Waals surface area (Å²) in [5, 5.41) is 3.29. The third kappa shape index (κ3) is 5.09. The summed E-state index contributed by atoms with van der Waals surface area (Å²) >= 11 is 0. The SMILES string of the molecule is CCCNC(C)(CCN1CCN(CC)CC1)C(N)=O. The largest absolute Gasteiger partial charge is 0.368 e. The first kappa shape index (κ1) is 16.4. The highest BCUT2D eigenvalue weighted by Gasteiger charge is 2.30. The number of piperazine rings is 1. The van der Waals surface area contributed by atoms with Gasteiger partial charge >= 0.3 is 0 Å². The van der Waals surface area contributed by atoms with Crippen LogP contribution in [0.3, 0.4) is 0 Å². The van der Waals surface area contributed by atoms with Gasteiger partial charge in [-0.25, -0.2) is 0 Å². The molecule has 1 saturated heterocycles. The molecule has 0 aliphatic carbocycles. The maximum Gasteiger partial charge on any atom is 0.237 e. The number of primary amides is 1. The Bertz CT molecular complexity index is 277. The van der Waals surface area contributed by atoms with E-state index in [1.54, 1.807) is 0 Å². The van der Waals surface area contributed by atoms with Gasteiger partial charge in [0.1, 0.15) is 0 Å². The summed E-state index contributed by atoms with van der Waals surface area (Å²) in [4.78, 5) is 16.5. The molecule has 3 N–H and O–H groups in total. The fourth-order valence-corrected chi connectivity index (χ4v) is 2.41. The van der Waals surface area contributed by atoms with Gasteiger partial charge in [0.15, 0.2) is 0 Å². The van der Waals surface area contributed by atoms with Gasteiger partial charge in [0, 0.05) is 32.7 Å². The van der Waals surface area contributed by atoms with Crippen molar-refractivity contribution in [3.05, 3.63) is 0 Å². The molecule has 1 unspecified atom stereocenters. The molecule has 0 aromatic rings. The van der Waals surface area contributed by atoms with Crippen molar-refractivity contribution < 1.29 is 4.79 Å². The van der Waals surface area contributed by atoms with Crippen LogP contribution in [0.15, 0.2) is 0 Å². The highest BCUT2D eigenvalue weighted by Crippen LogP contribution is 2.12. The molecule has 0 bridgehead atoms. The fraction of sp³-hybridized carbons (Fsp3) is 0.929. The second-order valence-electron chi connectivity index (χ2n) is 5.65. The molecule has 1 aliphatic rings. The Labute approximate surface area is 117 Å². The average molecular weight is 270 g/mol. The Morgan fingerprint density at radius 1 is 1.21 bits per heavy atom. The summed E-state index contributed by atoms with van der Waals surface area (Å²) in [6.07, 6.45) is 1.80. The minimum absolute atomic E-state index is 0.242. The second kappa shape index (κ2) is 7.82. The lowest BCUT2D eigenvalue weighted by Crippen LogP contribution is -2.56. The third-order valence-electron chi connectivity index (χ3n) is 4.15. The van der Waals surface area contributed by atoms with Crippen LogP contribution in [0, 0.1) is 0 Å². The number of likely N-dealkylation sites (N-methyl/N-ethyl adjacent to an activating group) is 1. The quantitative estimate of drug-likeness (QED) is 0.664. The maximum atomic E-state index is 11.6. The van der Waals surface area contributed by atoms with Crippen molar-refractivity contribution in [2.75, 3.05) is 45.8 Å². The Kier molecular flexibility index (Phi) is 6.75. The topological polar surface area (TPSA) is 61.6 Å². The van der Waals surface area contributed by atoms with E-state index in [4.69, 9.17) is 5.73 Å². The number of amides is 1. The van der Waals surface area contributed by atoms with Crippen LogP contribution < -0.4 is 11.1 Å². The molecule has 0 spiro atoms. The highest BCUT2D eigenvalue weighted by molar-refractivity contribution is 5.84. The first-order chi connectivity index (χ1) is 9.01. The number of nitrogens with zero attached hydrogens (tertiary/aromatic N) is 2. The second-order valence-corrected chi connectivity index (χ2v) is 5.65. The molecular weight excluding hydrogens is 240 g/mol. The molecule has 19 heavy (non-hydrogen) atoms. The van der Waals surface area contributed by atoms with Gasteiger partial charge in [-0.05, 0) is 32.9 Å². The molecule has 1 fully saturated rings. The molecule has 0 radical (unpaired) electrons. The maximum absolute atomic E-state index is 11.6. The van der Waals surface area contributed by atoms with Crippen LogP contribution >= 0.6 is 0 Å². The van der Waals surface area contributed by atoms with Crippen LogP contribution in [0.1, 0.15) is 33.6 Å². The van der Waals surface area contributed by atoms with E-state index >= 15 is 0 Å². The zero-order valence-electron chi connectivity index (χ0n) is 12.7. The minimum Gasteiger partial charge on any atom is -0.368 e. The average Bonchev–Trinajstić information content (AvgIpc) is 2.43. The number of hydrogen-bond acceptors (Lipinski definition) is 4. The normalized spacial score (nSPS) is 21.2. The molecule has 1 rings (SSSR count). The van der Waals surface area contributed by atoms with Gasteiger partial charge < -0.3 is 20.9 Å². The van der Waals surface area contributed by atoms with Crippen molar-refractivity contribution in [3.63, 3.8) is 0 Å². The Hall–Kier alpha value is -0.650. The van der Waals surface area contributed by atoms with E-state index in [1.165, 1.54) is 0 Å². The zero-order chi connectivity index (χ0) is 14.3. The Morgan fingerprint density at radius 3 is 2.26 bits per heavy atom. The van der Waals surface area contributed by atoms with Gasteiger partial charge in [0.25, 0.3) is 0 Å². The summed E-state index contributed by atoms with van der Waals surface area (Å²) in [5.41, 5.74) is 4.97. The lowest BCUT2D eigenvalue weighted by Gasteiger charge is -2.36. The number of nitrogens with one attached hydrogen (secondary N) is 1. The van der Waals surface area contributed by atoms with E-state index in [9.17, 15) is 4.79 Å². The molecule has 0 aromatic carbocycles. The number of rotatable bonds is 8. The fourth-order valence-electron chi connectivity index (χ4n) is 2.41. The minimum atomic E-state index is -0.572.